The number of hydrogen-bond acceptors (Lipinski definition) is 3. The molecule has 4 nitrogen and oxygen atoms in total. The predicted molar refractivity (Wildman–Crippen MR) is 71.5 cm³/mol. The lowest BCUT2D eigenvalue weighted by Crippen LogP contribution is -2.46. The number of esters is 1. The van der Waals surface area contributed by atoms with E-state index in [1.54, 1.807) is 24.4 Å². The van der Waals surface area contributed by atoms with Gasteiger partial charge in [-0.3, -0.25) is 4.79 Å². The number of alkyl halides is 2. The highest BCUT2D eigenvalue weighted by molar-refractivity contribution is 5.73. The molecule has 0 bridgehead atoms. The van der Waals surface area contributed by atoms with Gasteiger partial charge in [0.2, 0.25) is 12.1 Å². The second-order valence-electron chi connectivity index (χ2n) is 5.10. The van der Waals surface area contributed by atoms with Crippen LogP contribution in [0.1, 0.15) is 25.0 Å². The van der Waals surface area contributed by atoms with Crippen LogP contribution in [0.2, 0.25) is 0 Å². The molecule has 6 heteroatoms. The van der Waals surface area contributed by atoms with Crippen molar-refractivity contribution in [3.05, 3.63) is 30.1 Å². The highest BCUT2D eigenvalue weighted by Gasteiger charge is 2.44. The Bertz CT molecular complexity index is 593. The van der Waals surface area contributed by atoms with Crippen LogP contribution < -0.4 is 10.5 Å². The van der Waals surface area contributed by atoms with Crippen LogP contribution >= 0.6 is 0 Å². The van der Waals surface area contributed by atoms with Crippen molar-refractivity contribution in [1.29, 1.82) is 0 Å². The van der Waals surface area contributed by atoms with Crippen molar-refractivity contribution in [3.63, 3.8) is 0 Å². The second-order valence-corrected chi connectivity index (χ2v) is 5.10. The SMILES string of the molecule is COC(=O)[C@@H]1CC(F)(F)CC[C@H]1C#Cc1cccc[n+]1N. The quantitative estimate of drug-likeness (QED) is 0.367. The van der Waals surface area contributed by atoms with Crippen LogP contribution in [-0.2, 0) is 9.53 Å². The summed E-state index contributed by atoms with van der Waals surface area (Å²) in [5, 5.41) is 0. The van der Waals surface area contributed by atoms with Crippen molar-refractivity contribution in [1.82, 2.24) is 0 Å². The van der Waals surface area contributed by atoms with E-state index in [4.69, 9.17) is 5.84 Å². The lowest BCUT2D eigenvalue weighted by atomic mass is 9.77. The molecule has 0 saturated heterocycles. The highest BCUT2D eigenvalue weighted by Crippen LogP contribution is 2.40. The van der Waals surface area contributed by atoms with E-state index >= 15 is 0 Å². The Hall–Kier alpha value is -2.16. The third-order valence-corrected chi connectivity index (χ3v) is 3.60. The molecule has 0 radical (unpaired) electrons. The molecule has 2 N–H and O–H groups in total. The van der Waals surface area contributed by atoms with Crippen molar-refractivity contribution in [3.8, 4) is 11.8 Å². The van der Waals surface area contributed by atoms with Crippen molar-refractivity contribution in [2.45, 2.75) is 25.2 Å². The zero-order valence-electron chi connectivity index (χ0n) is 11.7. The van der Waals surface area contributed by atoms with E-state index in [1.807, 2.05) is 0 Å². The molecule has 1 fully saturated rings. The largest absolute Gasteiger partial charge is 0.469 e. The van der Waals surface area contributed by atoms with Gasteiger partial charge in [0.05, 0.1) is 13.0 Å². The number of carbonyl (C=O) groups excluding carboxylic acids is 1. The first-order valence-electron chi connectivity index (χ1n) is 6.66. The van der Waals surface area contributed by atoms with E-state index in [0.29, 0.717) is 5.69 Å². The predicted octanol–water partition coefficient (Wildman–Crippen LogP) is 1.26. The fourth-order valence-electron chi connectivity index (χ4n) is 2.43. The number of nitrogens with zero attached hydrogens (tertiary/aromatic N) is 1. The molecule has 1 aromatic heterocycles. The van der Waals surface area contributed by atoms with Gasteiger partial charge in [-0.05, 0) is 12.5 Å². The Kier molecular flexibility index (Phi) is 4.41. The van der Waals surface area contributed by atoms with Crippen molar-refractivity contribution in [2.24, 2.45) is 11.8 Å². The zero-order valence-corrected chi connectivity index (χ0v) is 11.7. The minimum Gasteiger partial charge on any atom is -0.469 e. The van der Waals surface area contributed by atoms with Crippen LogP contribution in [0.25, 0.3) is 0 Å². The molecule has 2 rings (SSSR count). The van der Waals surface area contributed by atoms with Gasteiger partial charge in [0.25, 0.3) is 5.69 Å². The fraction of sp³-hybridized carbons (Fsp3) is 0.467. The lowest BCUT2D eigenvalue weighted by molar-refractivity contribution is -0.641. The summed E-state index contributed by atoms with van der Waals surface area (Å²) in [7, 11) is 1.20. The molecule has 0 aromatic carbocycles. The lowest BCUT2D eigenvalue weighted by Gasteiger charge is -2.31. The Morgan fingerprint density at radius 2 is 2.29 bits per heavy atom. The van der Waals surface area contributed by atoms with Crippen molar-refractivity contribution >= 4 is 5.97 Å². The Morgan fingerprint density at radius 1 is 1.52 bits per heavy atom. The van der Waals surface area contributed by atoms with Crippen LogP contribution in [-0.4, -0.2) is 19.0 Å². The van der Waals surface area contributed by atoms with Gasteiger partial charge in [0.1, 0.15) is 0 Å². The third kappa shape index (κ3) is 3.69. The molecular weight excluding hydrogens is 278 g/mol. The summed E-state index contributed by atoms with van der Waals surface area (Å²) < 4.78 is 32.9. The average molecular weight is 295 g/mol. The number of pyridine rings is 1. The molecule has 21 heavy (non-hydrogen) atoms. The molecule has 0 unspecified atom stereocenters. The number of aromatic nitrogens is 1. The number of halogens is 2. The van der Waals surface area contributed by atoms with Gasteiger partial charge in [0.15, 0.2) is 0 Å². The van der Waals surface area contributed by atoms with Crippen LogP contribution in [0, 0.1) is 23.7 Å². The van der Waals surface area contributed by atoms with E-state index in [-0.39, 0.29) is 12.8 Å². The molecule has 0 aliphatic heterocycles. The first-order chi connectivity index (χ1) is 9.93. The summed E-state index contributed by atoms with van der Waals surface area (Å²) in [5.41, 5.74) is 0.554. The minimum absolute atomic E-state index is 0.164. The van der Waals surface area contributed by atoms with Gasteiger partial charge >= 0.3 is 5.97 Å². The van der Waals surface area contributed by atoms with Crippen LogP contribution in [0.5, 0.6) is 0 Å². The summed E-state index contributed by atoms with van der Waals surface area (Å²) in [5.74, 6) is 6.63. The van der Waals surface area contributed by atoms with E-state index < -0.39 is 30.1 Å². The molecule has 1 aromatic rings. The summed E-state index contributed by atoms with van der Waals surface area (Å²) in [6, 6.07) is 5.25. The third-order valence-electron chi connectivity index (χ3n) is 3.60. The Balaban J connectivity index is 2.22. The topological polar surface area (TPSA) is 56.2 Å². The molecule has 0 amide bonds. The minimum atomic E-state index is -2.84. The maximum Gasteiger partial charge on any atom is 0.310 e. The normalized spacial score (nSPS) is 23.8. The summed E-state index contributed by atoms with van der Waals surface area (Å²) in [6.45, 7) is 0. The van der Waals surface area contributed by atoms with Gasteiger partial charge in [-0.15, -0.1) is 0 Å². The van der Waals surface area contributed by atoms with Crippen LogP contribution in [0.15, 0.2) is 24.4 Å². The molecule has 1 heterocycles. The summed E-state index contributed by atoms with van der Waals surface area (Å²) in [6.07, 6.45) is 1.02. The molecule has 1 saturated carbocycles. The van der Waals surface area contributed by atoms with E-state index in [2.05, 4.69) is 16.6 Å². The number of rotatable bonds is 1. The molecule has 0 spiro atoms. The van der Waals surface area contributed by atoms with E-state index in [0.717, 1.165) is 0 Å². The van der Waals surface area contributed by atoms with E-state index in [9.17, 15) is 13.6 Å². The van der Waals surface area contributed by atoms with Crippen LogP contribution in [0.4, 0.5) is 8.78 Å². The van der Waals surface area contributed by atoms with Gasteiger partial charge in [0, 0.05) is 36.8 Å². The number of ether oxygens (including phenoxy) is 1. The molecule has 1 aliphatic carbocycles. The smallest absolute Gasteiger partial charge is 0.310 e. The average Bonchev–Trinajstić information content (AvgIpc) is 2.46. The first-order valence-corrected chi connectivity index (χ1v) is 6.66. The standard InChI is InChI=1S/C15H17F2N2O2/c1-21-14(20)13-10-15(16,17)8-7-11(13)5-6-12-4-2-3-9-19(12)18/h2-4,9,11,13H,7-8,10,18H2,1H3/q+1/t11-,13-/m1/s1. The van der Waals surface area contributed by atoms with Gasteiger partial charge < -0.3 is 4.74 Å². The summed E-state index contributed by atoms with van der Waals surface area (Å²) >= 11 is 0. The maximum atomic E-state index is 13.5. The second kappa shape index (κ2) is 6.08. The number of carbonyl (C=O) groups is 1. The maximum absolute atomic E-state index is 13.5. The highest BCUT2D eigenvalue weighted by atomic mass is 19.3. The Morgan fingerprint density at radius 3 is 2.95 bits per heavy atom. The molecule has 1 aliphatic rings. The molecule has 2 atom stereocenters. The fourth-order valence-corrected chi connectivity index (χ4v) is 2.43. The Labute approximate surface area is 121 Å². The number of methoxy groups -OCH3 is 1. The van der Waals surface area contributed by atoms with E-state index in [1.165, 1.54) is 11.8 Å². The monoisotopic (exact) mass is 295 g/mol. The number of nitrogen functional groups attached to an aromatic ring is 1. The number of hydrogen-bond donors (Lipinski definition) is 1. The van der Waals surface area contributed by atoms with Gasteiger partial charge in [-0.25, -0.2) is 14.6 Å². The van der Waals surface area contributed by atoms with Gasteiger partial charge in [-0.2, -0.15) is 0 Å². The summed E-state index contributed by atoms with van der Waals surface area (Å²) in [4.78, 5) is 11.7. The van der Waals surface area contributed by atoms with Crippen molar-refractivity contribution < 1.29 is 23.0 Å². The first kappa shape index (κ1) is 15.2. The van der Waals surface area contributed by atoms with Gasteiger partial charge in [-0.1, -0.05) is 10.6 Å². The molecule has 112 valence electrons. The number of nitrogens with two attached hydrogens (primary N) is 1. The molecular formula is C15H17F2N2O2+. The van der Waals surface area contributed by atoms with Crippen molar-refractivity contribution in [2.75, 3.05) is 13.0 Å². The van der Waals surface area contributed by atoms with Crippen LogP contribution in [0.3, 0.4) is 0 Å². The zero-order chi connectivity index (χ0) is 15.5.